The maximum absolute atomic E-state index is 11.7. The van der Waals surface area contributed by atoms with E-state index in [2.05, 4.69) is 6.58 Å². The van der Waals surface area contributed by atoms with Crippen LogP contribution in [0.2, 0.25) is 0 Å². The van der Waals surface area contributed by atoms with Gasteiger partial charge in [-0.1, -0.05) is 6.58 Å². The van der Waals surface area contributed by atoms with Gasteiger partial charge < -0.3 is 14.2 Å². The third-order valence-corrected chi connectivity index (χ3v) is 3.72. The van der Waals surface area contributed by atoms with Crippen LogP contribution >= 0.6 is 0 Å². The lowest BCUT2D eigenvalue weighted by molar-refractivity contribution is -0.177. The van der Waals surface area contributed by atoms with Gasteiger partial charge in [-0.2, -0.15) is 0 Å². The summed E-state index contributed by atoms with van der Waals surface area (Å²) < 4.78 is 15.3. The predicted molar refractivity (Wildman–Crippen MR) is 67.5 cm³/mol. The van der Waals surface area contributed by atoms with Crippen molar-refractivity contribution >= 4 is 17.9 Å². The van der Waals surface area contributed by atoms with Gasteiger partial charge in [-0.15, -0.1) is 0 Å². The van der Waals surface area contributed by atoms with Gasteiger partial charge >= 0.3 is 17.9 Å². The Morgan fingerprint density at radius 1 is 1.45 bits per heavy atom. The van der Waals surface area contributed by atoms with Gasteiger partial charge in [0.15, 0.2) is 6.61 Å². The smallest absolute Gasteiger partial charge is 0.344 e. The van der Waals surface area contributed by atoms with Crippen LogP contribution in [-0.4, -0.2) is 36.2 Å². The fraction of sp³-hybridized carbons (Fsp3) is 0.643. The third-order valence-electron chi connectivity index (χ3n) is 3.72. The predicted octanol–water partition coefficient (Wildman–Crippen LogP) is 1.13. The Hall–Kier alpha value is -1.85. The number of hydrogen-bond acceptors (Lipinski definition) is 6. The molecule has 110 valence electrons. The van der Waals surface area contributed by atoms with E-state index in [4.69, 9.17) is 14.2 Å². The van der Waals surface area contributed by atoms with Crippen LogP contribution in [-0.2, 0) is 28.6 Å². The highest BCUT2D eigenvalue weighted by Crippen LogP contribution is 2.43. The molecule has 2 aliphatic rings. The lowest BCUT2D eigenvalue weighted by Gasteiger charge is -2.34. The Morgan fingerprint density at radius 2 is 2.15 bits per heavy atom. The first-order valence-electron chi connectivity index (χ1n) is 6.57. The van der Waals surface area contributed by atoms with Gasteiger partial charge in [0, 0.05) is 12.0 Å². The van der Waals surface area contributed by atoms with Crippen molar-refractivity contribution in [2.75, 3.05) is 6.61 Å². The topological polar surface area (TPSA) is 78.9 Å². The Labute approximate surface area is 117 Å². The second-order valence-electron chi connectivity index (χ2n) is 5.55. The molecule has 2 rings (SSSR count). The average molecular weight is 282 g/mol. The molecule has 6 nitrogen and oxygen atoms in total. The Morgan fingerprint density at radius 3 is 2.80 bits per heavy atom. The van der Waals surface area contributed by atoms with Gasteiger partial charge in [0.1, 0.15) is 11.7 Å². The summed E-state index contributed by atoms with van der Waals surface area (Å²) in [4.78, 5) is 34.4. The summed E-state index contributed by atoms with van der Waals surface area (Å²) in [6.07, 6.45) is 1.31. The Balaban J connectivity index is 1.87. The van der Waals surface area contributed by atoms with E-state index >= 15 is 0 Å². The lowest BCUT2D eigenvalue weighted by atomic mass is 9.80. The van der Waals surface area contributed by atoms with Crippen molar-refractivity contribution in [2.24, 2.45) is 5.92 Å². The van der Waals surface area contributed by atoms with Gasteiger partial charge in [0.2, 0.25) is 0 Å². The summed E-state index contributed by atoms with van der Waals surface area (Å²) in [5, 5.41) is 0. The Bertz CT molecular complexity index is 468. The molecule has 0 aromatic rings. The van der Waals surface area contributed by atoms with E-state index in [-0.39, 0.29) is 17.5 Å². The molecule has 2 fully saturated rings. The minimum atomic E-state index is -0.756. The van der Waals surface area contributed by atoms with Gasteiger partial charge in [-0.05, 0) is 26.7 Å². The molecular formula is C14H18O6. The van der Waals surface area contributed by atoms with Crippen molar-refractivity contribution in [3.8, 4) is 0 Å². The molecule has 0 aromatic carbocycles. The van der Waals surface area contributed by atoms with E-state index in [1.807, 2.05) is 0 Å². The van der Waals surface area contributed by atoms with E-state index in [0.717, 1.165) is 0 Å². The van der Waals surface area contributed by atoms with Crippen molar-refractivity contribution in [3.05, 3.63) is 12.2 Å². The molecule has 0 radical (unpaired) electrons. The number of fused-ring (bicyclic) bond motifs is 2. The van der Waals surface area contributed by atoms with Gasteiger partial charge in [0.05, 0.1) is 5.92 Å². The molecule has 1 saturated carbocycles. The lowest BCUT2D eigenvalue weighted by Crippen LogP contribution is -2.44. The second-order valence-corrected chi connectivity index (χ2v) is 5.55. The standard InChI is InChI=1S/C14H18O6/c1-8(2)12(16)18-7-11(15)19-10-5-4-9-6-14(10,3)20-13(9)17/h9-10H,1,4-7H2,2-3H3. The quantitative estimate of drug-likeness (QED) is 0.437. The monoisotopic (exact) mass is 282 g/mol. The fourth-order valence-electron chi connectivity index (χ4n) is 2.63. The molecule has 6 heteroatoms. The van der Waals surface area contributed by atoms with E-state index in [1.165, 1.54) is 6.92 Å². The minimum absolute atomic E-state index is 0.0869. The molecule has 20 heavy (non-hydrogen) atoms. The fourth-order valence-corrected chi connectivity index (χ4v) is 2.63. The normalized spacial score (nSPS) is 31.4. The molecule has 2 bridgehead atoms. The zero-order chi connectivity index (χ0) is 14.9. The average Bonchev–Trinajstić information content (AvgIpc) is 2.61. The zero-order valence-electron chi connectivity index (χ0n) is 11.6. The van der Waals surface area contributed by atoms with Gasteiger partial charge in [-0.25, -0.2) is 9.59 Å². The maximum atomic E-state index is 11.7. The number of carbonyl (C=O) groups is 3. The van der Waals surface area contributed by atoms with Crippen molar-refractivity contribution in [1.29, 1.82) is 0 Å². The number of esters is 3. The molecule has 1 saturated heterocycles. The zero-order valence-corrected chi connectivity index (χ0v) is 11.6. The SMILES string of the molecule is C=C(C)C(=O)OCC(=O)OC1CCC2CC1(C)OC2=O. The summed E-state index contributed by atoms with van der Waals surface area (Å²) in [6.45, 7) is 6.21. The largest absolute Gasteiger partial charge is 0.456 e. The summed E-state index contributed by atoms with van der Waals surface area (Å²) >= 11 is 0. The molecule has 1 aliphatic carbocycles. The molecule has 0 N–H and O–H groups in total. The van der Waals surface area contributed by atoms with Crippen LogP contribution in [0.15, 0.2) is 12.2 Å². The minimum Gasteiger partial charge on any atom is -0.456 e. The van der Waals surface area contributed by atoms with Crippen molar-refractivity contribution in [3.63, 3.8) is 0 Å². The highest BCUT2D eigenvalue weighted by molar-refractivity contribution is 5.88. The summed E-state index contributed by atoms with van der Waals surface area (Å²) in [7, 11) is 0. The van der Waals surface area contributed by atoms with Crippen LogP contribution in [0.4, 0.5) is 0 Å². The third kappa shape index (κ3) is 2.84. The summed E-state index contributed by atoms with van der Waals surface area (Å²) in [5.41, 5.74) is -0.538. The van der Waals surface area contributed by atoms with Crippen LogP contribution in [0.3, 0.4) is 0 Å². The first-order chi connectivity index (χ1) is 9.32. The molecular weight excluding hydrogens is 264 g/mol. The van der Waals surface area contributed by atoms with Crippen LogP contribution in [0.25, 0.3) is 0 Å². The van der Waals surface area contributed by atoms with Crippen molar-refractivity contribution in [1.82, 2.24) is 0 Å². The first kappa shape index (κ1) is 14.6. The molecule has 3 unspecified atom stereocenters. The first-order valence-corrected chi connectivity index (χ1v) is 6.57. The Kier molecular flexibility index (Phi) is 3.83. The van der Waals surface area contributed by atoms with E-state index in [0.29, 0.717) is 19.3 Å². The van der Waals surface area contributed by atoms with Crippen molar-refractivity contribution in [2.45, 2.75) is 44.8 Å². The summed E-state index contributed by atoms with van der Waals surface area (Å²) in [5.74, 6) is -1.59. The van der Waals surface area contributed by atoms with Crippen LogP contribution in [0.5, 0.6) is 0 Å². The second kappa shape index (κ2) is 5.26. The van der Waals surface area contributed by atoms with Crippen LogP contribution < -0.4 is 0 Å². The maximum Gasteiger partial charge on any atom is 0.344 e. The molecule has 1 aliphatic heterocycles. The van der Waals surface area contributed by atoms with Crippen LogP contribution in [0, 0.1) is 5.92 Å². The number of rotatable bonds is 4. The molecule has 0 aromatic heterocycles. The molecule has 1 heterocycles. The van der Waals surface area contributed by atoms with E-state index in [1.54, 1.807) is 6.92 Å². The highest BCUT2D eigenvalue weighted by Gasteiger charge is 2.53. The van der Waals surface area contributed by atoms with Gasteiger partial charge in [-0.3, -0.25) is 4.79 Å². The summed E-state index contributed by atoms with van der Waals surface area (Å²) in [6, 6.07) is 0. The molecule has 0 amide bonds. The number of hydrogen-bond donors (Lipinski definition) is 0. The van der Waals surface area contributed by atoms with Crippen molar-refractivity contribution < 1.29 is 28.6 Å². The van der Waals surface area contributed by atoms with E-state index < -0.39 is 30.3 Å². The highest BCUT2D eigenvalue weighted by atomic mass is 16.6. The van der Waals surface area contributed by atoms with Gasteiger partial charge in [0.25, 0.3) is 0 Å². The van der Waals surface area contributed by atoms with Crippen LogP contribution in [0.1, 0.15) is 33.1 Å². The molecule has 3 atom stereocenters. The molecule has 0 spiro atoms. The number of carbonyl (C=O) groups excluding carboxylic acids is 3. The van der Waals surface area contributed by atoms with E-state index in [9.17, 15) is 14.4 Å². The number of ether oxygens (including phenoxy) is 3.